The fourth-order valence-corrected chi connectivity index (χ4v) is 4.56. The first-order valence-corrected chi connectivity index (χ1v) is 12.2. The van der Waals surface area contributed by atoms with Crippen molar-refractivity contribution in [3.63, 3.8) is 0 Å². The zero-order chi connectivity index (χ0) is 28.0. The number of carboxylic acid groups (broad SMARTS) is 1. The van der Waals surface area contributed by atoms with Crippen LogP contribution in [0, 0.1) is 5.92 Å². The molecule has 2 aliphatic rings. The molecule has 3 amide bonds. The topological polar surface area (TPSA) is 180 Å². The van der Waals surface area contributed by atoms with Gasteiger partial charge < -0.3 is 20.0 Å². The lowest BCUT2D eigenvalue weighted by Gasteiger charge is -2.24. The van der Waals surface area contributed by atoms with E-state index in [0.29, 0.717) is 0 Å². The van der Waals surface area contributed by atoms with Gasteiger partial charge in [-0.3, -0.25) is 24.5 Å². The number of oxime groups is 1. The molecular weight excluding hydrogens is 520 g/mol. The van der Waals surface area contributed by atoms with E-state index in [-0.39, 0.29) is 59.7 Å². The molecule has 0 radical (unpaired) electrons. The van der Waals surface area contributed by atoms with Gasteiger partial charge in [-0.25, -0.2) is 19.8 Å². The number of thiazole rings is 1. The Bertz CT molecular complexity index is 1240. The highest BCUT2D eigenvalue weighted by atomic mass is 32.1. The van der Waals surface area contributed by atoms with E-state index < -0.39 is 35.8 Å². The molecule has 2 aliphatic heterocycles. The summed E-state index contributed by atoms with van der Waals surface area (Å²) in [6.45, 7) is 8.61. The van der Waals surface area contributed by atoms with Crippen LogP contribution in [0.5, 0.6) is 0 Å². The molecule has 202 valence electrons. The number of carbonyl (C=O) groups excluding carboxylic acids is 4. The quantitative estimate of drug-likeness (QED) is 0.194. The minimum atomic E-state index is -1.30. The van der Waals surface area contributed by atoms with Crippen molar-refractivity contribution in [2.75, 3.05) is 32.1 Å². The van der Waals surface area contributed by atoms with Crippen molar-refractivity contribution in [3.8, 4) is 0 Å². The number of anilines is 1. The third kappa shape index (κ3) is 5.78. The zero-order valence-corrected chi connectivity index (χ0v) is 21.4. The standard InChI is InChI=1S/C23H26N6O8S/c1-5-8-37-23(35)26-22-25-15(11-38-22)17(27-36-4)19(31)24-14-10-28-9-13(16(30)7-3)18(29(28)20(14)32)12(6-2)21(33)34/h5-6,11-12,14H,1-2,7-10H2,3-4H3,(H,24,31)(H,33,34)(H,25,26,35)/b27-17-/t12?,14-/m0/s1. The van der Waals surface area contributed by atoms with E-state index in [1.807, 2.05) is 0 Å². The predicted molar refractivity (Wildman–Crippen MR) is 135 cm³/mol. The average molecular weight is 547 g/mol. The number of carboxylic acids is 1. The summed E-state index contributed by atoms with van der Waals surface area (Å²) in [6, 6.07) is -1.08. The molecule has 14 nitrogen and oxygen atoms in total. The maximum Gasteiger partial charge on any atom is 0.413 e. The summed E-state index contributed by atoms with van der Waals surface area (Å²) in [5.41, 5.74) is 0.0333. The van der Waals surface area contributed by atoms with Gasteiger partial charge in [0.1, 0.15) is 31.4 Å². The predicted octanol–water partition coefficient (Wildman–Crippen LogP) is 0.906. The van der Waals surface area contributed by atoms with Crippen LogP contribution in [0.15, 0.2) is 47.1 Å². The van der Waals surface area contributed by atoms with Gasteiger partial charge in [-0.05, 0) is 0 Å². The molecule has 15 heteroatoms. The third-order valence-corrected chi connectivity index (χ3v) is 6.26. The number of aliphatic carboxylic acids is 1. The molecule has 2 atom stereocenters. The molecule has 3 rings (SSSR count). The zero-order valence-electron chi connectivity index (χ0n) is 20.6. The van der Waals surface area contributed by atoms with E-state index >= 15 is 0 Å². The molecule has 1 fully saturated rings. The monoisotopic (exact) mass is 546 g/mol. The maximum atomic E-state index is 13.3. The highest BCUT2D eigenvalue weighted by Gasteiger charge is 2.49. The van der Waals surface area contributed by atoms with Gasteiger partial charge in [0.2, 0.25) is 0 Å². The van der Waals surface area contributed by atoms with Crippen molar-refractivity contribution in [1.82, 2.24) is 20.3 Å². The normalized spacial score (nSPS) is 18.1. The van der Waals surface area contributed by atoms with Crippen molar-refractivity contribution in [2.24, 2.45) is 11.1 Å². The molecule has 0 spiro atoms. The molecule has 0 aliphatic carbocycles. The number of carbonyl (C=O) groups is 5. The Morgan fingerprint density at radius 3 is 2.71 bits per heavy atom. The van der Waals surface area contributed by atoms with Crippen molar-refractivity contribution < 1.29 is 38.7 Å². The van der Waals surface area contributed by atoms with Crippen molar-refractivity contribution in [3.05, 3.63) is 47.7 Å². The SMILES string of the molecule is C=CCOC(=O)Nc1nc(/C(=N/OC)C(=O)N[C@H]2CN3CC(C(=O)CC)=C(C(C=C)C(=O)O)N3C2=O)cs1. The van der Waals surface area contributed by atoms with Gasteiger partial charge in [-0.2, -0.15) is 0 Å². The van der Waals surface area contributed by atoms with Crippen LogP contribution in [-0.4, -0.2) is 88.3 Å². The summed E-state index contributed by atoms with van der Waals surface area (Å²) >= 11 is 1.00. The fraction of sp³-hybridized carbons (Fsp3) is 0.348. The van der Waals surface area contributed by atoms with E-state index in [1.165, 1.54) is 23.6 Å². The largest absolute Gasteiger partial charge is 0.481 e. The van der Waals surface area contributed by atoms with E-state index in [1.54, 1.807) is 6.92 Å². The van der Waals surface area contributed by atoms with Crippen LogP contribution in [0.2, 0.25) is 0 Å². The van der Waals surface area contributed by atoms with Crippen LogP contribution in [-0.2, 0) is 28.8 Å². The molecule has 1 aromatic rings. The number of ketones is 1. The molecule has 1 aromatic heterocycles. The van der Waals surface area contributed by atoms with Crippen LogP contribution in [0.3, 0.4) is 0 Å². The number of Topliss-reactive ketones (excluding diaryl/α,β-unsaturated/α-hetero) is 1. The van der Waals surface area contributed by atoms with Gasteiger partial charge in [0.15, 0.2) is 16.6 Å². The Labute approximate surface area is 221 Å². The number of fused-ring (bicyclic) bond motifs is 1. The van der Waals surface area contributed by atoms with E-state index in [0.717, 1.165) is 22.4 Å². The minimum Gasteiger partial charge on any atom is -0.481 e. The molecule has 38 heavy (non-hydrogen) atoms. The maximum absolute atomic E-state index is 13.3. The molecule has 3 N–H and O–H groups in total. The first-order valence-electron chi connectivity index (χ1n) is 11.3. The molecular formula is C23H26N6O8S. The summed E-state index contributed by atoms with van der Waals surface area (Å²) in [5, 5.41) is 22.5. The molecule has 0 saturated carbocycles. The first-order chi connectivity index (χ1) is 18.2. The van der Waals surface area contributed by atoms with Crippen LogP contribution in [0.4, 0.5) is 9.93 Å². The van der Waals surface area contributed by atoms with E-state index in [9.17, 15) is 29.1 Å². The van der Waals surface area contributed by atoms with Gasteiger partial charge in [-0.1, -0.05) is 30.8 Å². The number of ether oxygens (including phenoxy) is 1. The average Bonchev–Trinajstić information content (AvgIpc) is 3.57. The smallest absolute Gasteiger partial charge is 0.413 e. The molecule has 0 bridgehead atoms. The van der Waals surface area contributed by atoms with Crippen LogP contribution in [0.25, 0.3) is 0 Å². The lowest BCUT2D eigenvalue weighted by atomic mass is 9.97. The lowest BCUT2D eigenvalue weighted by Crippen LogP contribution is -2.46. The minimum absolute atomic E-state index is 0.00266. The summed E-state index contributed by atoms with van der Waals surface area (Å²) in [5.74, 6) is -4.27. The molecule has 1 saturated heterocycles. The van der Waals surface area contributed by atoms with E-state index in [2.05, 4.69) is 33.9 Å². The van der Waals surface area contributed by atoms with Crippen LogP contribution in [0.1, 0.15) is 19.0 Å². The van der Waals surface area contributed by atoms with Crippen molar-refractivity contribution >= 4 is 51.8 Å². The second kappa shape index (κ2) is 12.2. The van der Waals surface area contributed by atoms with Crippen molar-refractivity contribution in [2.45, 2.75) is 19.4 Å². The molecule has 0 aromatic carbocycles. The Morgan fingerprint density at radius 1 is 1.37 bits per heavy atom. The van der Waals surface area contributed by atoms with Gasteiger partial charge in [0.05, 0.1) is 5.70 Å². The number of hydrogen-bond donors (Lipinski definition) is 3. The Kier molecular flexibility index (Phi) is 9.09. The number of aromatic nitrogens is 1. The Balaban J connectivity index is 1.79. The number of amides is 3. The first kappa shape index (κ1) is 28.2. The van der Waals surface area contributed by atoms with Gasteiger partial charge in [0.25, 0.3) is 11.8 Å². The number of hydrazine groups is 1. The van der Waals surface area contributed by atoms with Crippen molar-refractivity contribution in [1.29, 1.82) is 0 Å². The second-order valence-corrected chi connectivity index (χ2v) is 8.75. The summed E-state index contributed by atoms with van der Waals surface area (Å²) in [7, 11) is 1.22. The summed E-state index contributed by atoms with van der Waals surface area (Å²) < 4.78 is 4.82. The molecule has 1 unspecified atom stereocenters. The number of rotatable bonds is 12. The van der Waals surface area contributed by atoms with Crippen LogP contribution < -0.4 is 10.6 Å². The van der Waals surface area contributed by atoms with E-state index in [4.69, 9.17) is 9.57 Å². The number of nitrogens with one attached hydrogen (secondary N) is 2. The lowest BCUT2D eigenvalue weighted by molar-refractivity contribution is -0.141. The molecule has 3 heterocycles. The Hall–Kier alpha value is -4.37. The number of hydrogen-bond acceptors (Lipinski definition) is 11. The summed E-state index contributed by atoms with van der Waals surface area (Å²) in [6.07, 6.45) is 1.90. The van der Waals surface area contributed by atoms with Gasteiger partial charge in [0, 0.05) is 30.5 Å². The van der Waals surface area contributed by atoms with Crippen LogP contribution >= 0.6 is 11.3 Å². The van der Waals surface area contributed by atoms with Gasteiger partial charge >= 0.3 is 12.1 Å². The second-order valence-electron chi connectivity index (χ2n) is 7.89. The summed E-state index contributed by atoms with van der Waals surface area (Å²) in [4.78, 5) is 71.4. The highest BCUT2D eigenvalue weighted by molar-refractivity contribution is 7.14. The highest BCUT2D eigenvalue weighted by Crippen LogP contribution is 2.35. The van der Waals surface area contributed by atoms with Gasteiger partial charge in [-0.15, -0.1) is 17.9 Å². The third-order valence-electron chi connectivity index (χ3n) is 5.51. The fourth-order valence-electron chi connectivity index (χ4n) is 3.88. The number of nitrogens with zero attached hydrogens (tertiary/aromatic N) is 4. The Morgan fingerprint density at radius 2 is 2.11 bits per heavy atom.